The van der Waals surface area contributed by atoms with Gasteiger partial charge in [0.15, 0.2) is 0 Å². The molecule has 0 spiro atoms. The molecule has 0 aromatic heterocycles. The molecule has 1 aromatic carbocycles. The smallest absolute Gasteiger partial charge is 0.230 e. The van der Waals surface area contributed by atoms with Crippen LogP contribution in [-0.2, 0) is 4.79 Å². The Kier molecular flexibility index (Phi) is 5.18. The molecule has 0 saturated carbocycles. The summed E-state index contributed by atoms with van der Waals surface area (Å²) in [6, 6.07) is 6.18. The monoisotopic (exact) mass is 275 g/mol. The lowest BCUT2D eigenvalue weighted by molar-refractivity contribution is -0.907. The molecule has 1 aromatic rings. The van der Waals surface area contributed by atoms with Crippen LogP contribution in [0, 0.1) is 19.8 Å². The van der Waals surface area contributed by atoms with Gasteiger partial charge in [0.05, 0.1) is 26.1 Å². The first-order chi connectivity index (χ1) is 9.52. The van der Waals surface area contributed by atoms with E-state index < -0.39 is 0 Å². The van der Waals surface area contributed by atoms with Crippen LogP contribution >= 0.6 is 0 Å². The molecule has 3 heteroatoms. The highest BCUT2D eigenvalue weighted by Crippen LogP contribution is 2.13. The van der Waals surface area contributed by atoms with Crippen molar-refractivity contribution in [1.29, 1.82) is 0 Å². The summed E-state index contributed by atoms with van der Waals surface area (Å²) >= 11 is 0. The van der Waals surface area contributed by atoms with Gasteiger partial charge in [0.25, 0.3) is 0 Å². The van der Waals surface area contributed by atoms with Crippen molar-refractivity contribution in [3.63, 3.8) is 0 Å². The highest BCUT2D eigenvalue weighted by Gasteiger charge is 2.20. The number of likely N-dealkylation sites (tertiary alicyclic amines) is 1. The third-order valence-electron chi connectivity index (χ3n) is 4.08. The number of nitrogens with one attached hydrogen (secondary N) is 2. The maximum atomic E-state index is 12.0. The molecule has 2 rings (SSSR count). The maximum Gasteiger partial charge on any atom is 0.230 e. The van der Waals surface area contributed by atoms with Gasteiger partial charge in [-0.05, 0) is 49.9 Å². The number of hydrogen-bond acceptors (Lipinski definition) is 1. The van der Waals surface area contributed by atoms with E-state index in [1.165, 1.54) is 37.1 Å². The zero-order valence-corrected chi connectivity index (χ0v) is 13.0. The van der Waals surface area contributed by atoms with Crippen LogP contribution in [0.3, 0.4) is 0 Å². The Labute approximate surface area is 122 Å². The second-order valence-corrected chi connectivity index (χ2v) is 6.38. The van der Waals surface area contributed by atoms with Gasteiger partial charge < -0.3 is 10.2 Å². The van der Waals surface area contributed by atoms with Gasteiger partial charge in [0, 0.05) is 11.6 Å². The molecule has 2 atom stereocenters. The number of quaternary nitrogens is 1. The van der Waals surface area contributed by atoms with E-state index in [0.29, 0.717) is 6.42 Å². The summed E-state index contributed by atoms with van der Waals surface area (Å²) < 4.78 is 0. The summed E-state index contributed by atoms with van der Waals surface area (Å²) in [5, 5.41) is 3.02. The Morgan fingerprint density at radius 2 is 2.00 bits per heavy atom. The molecule has 0 radical (unpaired) electrons. The Morgan fingerprint density at radius 1 is 1.30 bits per heavy atom. The fourth-order valence-electron chi connectivity index (χ4n) is 3.19. The van der Waals surface area contributed by atoms with Crippen molar-refractivity contribution in [2.24, 2.45) is 5.92 Å². The molecule has 1 amide bonds. The number of carbonyl (C=O) groups is 1. The van der Waals surface area contributed by atoms with Crippen LogP contribution in [0.2, 0.25) is 0 Å². The fraction of sp³-hybridized carbons (Fsp3) is 0.588. The highest BCUT2D eigenvalue weighted by molar-refractivity contribution is 5.90. The molecule has 2 N–H and O–H groups in total. The van der Waals surface area contributed by atoms with Crippen LogP contribution in [0.5, 0.6) is 0 Å². The molecule has 1 heterocycles. The average molecular weight is 275 g/mol. The molecule has 1 fully saturated rings. The number of rotatable bonds is 4. The van der Waals surface area contributed by atoms with Crippen LogP contribution in [0.15, 0.2) is 18.2 Å². The number of piperidine rings is 1. The van der Waals surface area contributed by atoms with Crippen molar-refractivity contribution in [3.05, 3.63) is 29.3 Å². The van der Waals surface area contributed by atoms with E-state index in [4.69, 9.17) is 0 Å². The average Bonchev–Trinajstić information content (AvgIpc) is 2.35. The van der Waals surface area contributed by atoms with E-state index in [2.05, 4.69) is 32.2 Å². The molecule has 20 heavy (non-hydrogen) atoms. The number of aryl methyl sites for hydroxylation is 2. The van der Waals surface area contributed by atoms with Gasteiger partial charge in [-0.15, -0.1) is 0 Å². The maximum absolute atomic E-state index is 12.0. The van der Waals surface area contributed by atoms with E-state index >= 15 is 0 Å². The molecule has 2 unspecified atom stereocenters. The Hall–Kier alpha value is -1.35. The van der Waals surface area contributed by atoms with E-state index in [1.807, 2.05) is 12.1 Å². The minimum Gasteiger partial charge on any atom is -0.334 e. The molecule has 110 valence electrons. The van der Waals surface area contributed by atoms with E-state index in [1.54, 1.807) is 4.90 Å². The molecule has 1 aliphatic heterocycles. The SMILES string of the molecule is Cc1cc(C)cc(NC(=O)CC[NH+]2CCCC(C)C2)c1. The topological polar surface area (TPSA) is 33.5 Å². The Balaban J connectivity index is 1.80. The molecule has 3 nitrogen and oxygen atoms in total. The summed E-state index contributed by atoms with van der Waals surface area (Å²) in [6.45, 7) is 9.83. The molecule has 0 aliphatic carbocycles. The van der Waals surface area contributed by atoms with Gasteiger partial charge in [-0.2, -0.15) is 0 Å². The van der Waals surface area contributed by atoms with Gasteiger partial charge in [0.1, 0.15) is 0 Å². The number of hydrogen-bond donors (Lipinski definition) is 2. The van der Waals surface area contributed by atoms with Gasteiger partial charge >= 0.3 is 0 Å². The minimum absolute atomic E-state index is 0.140. The first-order valence-corrected chi connectivity index (χ1v) is 7.74. The Morgan fingerprint density at radius 3 is 2.65 bits per heavy atom. The fourth-order valence-corrected chi connectivity index (χ4v) is 3.19. The zero-order chi connectivity index (χ0) is 14.5. The normalized spacial score (nSPS) is 22.6. The van der Waals surface area contributed by atoms with Gasteiger partial charge in [-0.25, -0.2) is 0 Å². The van der Waals surface area contributed by atoms with Crippen molar-refractivity contribution in [1.82, 2.24) is 0 Å². The minimum atomic E-state index is 0.140. The highest BCUT2D eigenvalue weighted by atomic mass is 16.1. The largest absolute Gasteiger partial charge is 0.334 e. The van der Waals surface area contributed by atoms with Crippen LogP contribution in [0.25, 0.3) is 0 Å². The molecular weight excluding hydrogens is 248 g/mol. The van der Waals surface area contributed by atoms with Crippen LogP contribution < -0.4 is 10.2 Å². The lowest BCUT2D eigenvalue weighted by Crippen LogP contribution is -3.13. The molecular formula is C17H27N2O+. The summed E-state index contributed by atoms with van der Waals surface area (Å²) in [6.07, 6.45) is 3.27. The van der Waals surface area contributed by atoms with E-state index in [-0.39, 0.29) is 5.91 Å². The third-order valence-corrected chi connectivity index (χ3v) is 4.08. The van der Waals surface area contributed by atoms with Gasteiger partial charge in [-0.1, -0.05) is 13.0 Å². The van der Waals surface area contributed by atoms with Crippen LogP contribution in [0.1, 0.15) is 37.3 Å². The standard InChI is InChI=1S/C17H26N2O/c1-13-5-4-7-19(12-13)8-6-17(20)18-16-10-14(2)9-15(3)11-16/h9-11,13H,4-8,12H2,1-3H3,(H,18,20)/p+1. The first kappa shape index (κ1) is 15.0. The van der Waals surface area contributed by atoms with Crippen molar-refractivity contribution in [3.8, 4) is 0 Å². The predicted molar refractivity (Wildman–Crippen MR) is 83.1 cm³/mol. The summed E-state index contributed by atoms with van der Waals surface area (Å²) in [7, 11) is 0. The van der Waals surface area contributed by atoms with Gasteiger partial charge in [0.2, 0.25) is 5.91 Å². The van der Waals surface area contributed by atoms with Gasteiger partial charge in [-0.3, -0.25) is 4.79 Å². The van der Waals surface area contributed by atoms with Crippen LogP contribution in [-0.4, -0.2) is 25.5 Å². The van der Waals surface area contributed by atoms with Crippen molar-refractivity contribution < 1.29 is 9.69 Å². The summed E-state index contributed by atoms with van der Waals surface area (Å²) in [5.74, 6) is 0.946. The predicted octanol–water partition coefficient (Wildman–Crippen LogP) is 1.95. The summed E-state index contributed by atoms with van der Waals surface area (Å²) in [4.78, 5) is 13.6. The second-order valence-electron chi connectivity index (χ2n) is 6.38. The van der Waals surface area contributed by atoms with Crippen molar-refractivity contribution in [2.45, 2.75) is 40.0 Å². The number of benzene rings is 1. The molecule has 1 saturated heterocycles. The van der Waals surface area contributed by atoms with Crippen molar-refractivity contribution >= 4 is 11.6 Å². The molecule has 0 bridgehead atoms. The molecule has 1 aliphatic rings. The number of amides is 1. The van der Waals surface area contributed by atoms with E-state index in [0.717, 1.165) is 18.2 Å². The third kappa shape index (κ3) is 4.64. The quantitative estimate of drug-likeness (QED) is 0.865. The number of carbonyl (C=O) groups excluding carboxylic acids is 1. The summed E-state index contributed by atoms with van der Waals surface area (Å²) in [5.41, 5.74) is 3.31. The van der Waals surface area contributed by atoms with Crippen molar-refractivity contribution in [2.75, 3.05) is 25.0 Å². The lowest BCUT2D eigenvalue weighted by Gasteiger charge is -2.27. The van der Waals surface area contributed by atoms with E-state index in [9.17, 15) is 4.79 Å². The first-order valence-electron chi connectivity index (χ1n) is 7.74. The second kappa shape index (κ2) is 6.89. The zero-order valence-electron chi connectivity index (χ0n) is 13.0. The number of anilines is 1. The lowest BCUT2D eigenvalue weighted by atomic mass is 10.0. The van der Waals surface area contributed by atoms with Crippen LogP contribution in [0.4, 0.5) is 5.69 Å². The Bertz CT molecular complexity index is 450.